The maximum atomic E-state index is 12.5. The van der Waals surface area contributed by atoms with Crippen molar-refractivity contribution in [2.45, 2.75) is 71.4 Å². The van der Waals surface area contributed by atoms with E-state index in [0.717, 1.165) is 53.2 Å². The van der Waals surface area contributed by atoms with Crippen molar-refractivity contribution in [3.05, 3.63) is 62.6 Å². The highest BCUT2D eigenvalue weighted by molar-refractivity contribution is 7.16. The van der Waals surface area contributed by atoms with Gasteiger partial charge in [-0.05, 0) is 62.6 Å². The number of thiophene rings is 1. The Labute approximate surface area is 221 Å². The molecule has 2 N–H and O–H groups in total. The molecule has 186 valence electrons. The number of hydrogen-bond acceptors (Lipinski definition) is 3. The first-order valence-corrected chi connectivity index (χ1v) is 13.9. The zero-order valence-corrected chi connectivity index (χ0v) is 22.6. The predicted octanol–water partition coefficient (Wildman–Crippen LogP) is 8.16. The maximum absolute atomic E-state index is 12.5. The Balaban J connectivity index is 1.62. The fraction of sp³-hybridized carbons (Fsp3) is 0.407. The molecule has 3 aromatic rings. The average Bonchev–Trinajstić information content (AvgIpc) is 3.42. The molecule has 0 spiro atoms. The lowest BCUT2D eigenvalue weighted by Crippen LogP contribution is -2.42. The van der Waals surface area contributed by atoms with Crippen molar-refractivity contribution in [2.24, 2.45) is 0 Å². The number of carbonyl (C=O) groups is 1. The quantitative estimate of drug-likeness (QED) is 0.308. The maximum Gasteiger partial charge on any atom is 0.315 e. The number of benzene rings is 1. The molecule has 1 aromatic carbocycles. The van der Waals surface area contributed by atoms with Crippen LogP contribution < -0.4 is 10.6 Å². The molecule has 0 bridgehead atoms. The van der Waals surface area contributed by atoms with Gasteiger partial charge in [-0.25, -0.2) is 9.48 Å². The number of nitrogens with one attached hydrogen (secondary N) is 2. The molecule has 35 heavy (non-hydrogen) atoms. The standard InChI is InChI=1S/C27H32Cl2N4OS/c1-3-4-6-11-21-13-15-25(35-21)26-18(2)23(17-30-27(34)31-20-9-7-5-8-10-20)32-33(26)24-14-12-19(28)16-22(24)29/h6,11-16,20H,3-5,7-10,17H2,1-2H3,(H2,30,31,34). The van der Waals surface area contributed by atoms with Gasteiger partial charge in [-0.2, -0.15) is 5.10 Å². The summed E-state index contributed by atoms with van der Waals surface area (Å²) in [5.41, 5.74) is 3.55. The molecule has 4 rings (SSSR count). The summed E-state index contributed by atoms with van der Waals surface area (Å²) >= 11 is 14.4. The smallest absolute Gasteiger partial charge is 0.315 e. The number of halogens is 2. The van der Waals surface area contributed by atoms with Gasteiger partial charge in [-0.15, -0.1) is 11.3 Å². The fourth-order valence-electron chi connectivity index (χ4n) is 4.41. The van der Waals surface area contributed by atoms with Crippen molar-refractivity contribution in [1.29, 1.82) is 0 Å². The van der Waals surface area contributed by atoms with Crippen LogP contribution in [0.25, 0.3) is 22.3 Å². The molecule has 0 atom stereocenters. The first-order valence-electron chi connectivity index (χ1n) is 12.3. The van der Waals surface area contributed by atoms with Gasteiger partial charge in [0.1, 0.15) is 0 Å². The second-order valence-electron chi connectivity index (χ2n) is 8.98. The summed E-state index contributed by atoms with van der Waals surface area (Å²) in [4.78, 5) is 14.8. The Morgan fingerprint density at radius 2 is 2.00 bits per heavy atom. The van der Waals surface area contributed by atoms with Crippen LogP contribution in [0.5, 0.6) is 0 Å². The molecular formula is C27H32Cl2N4OS. The minimum atomic E-state index is -0.142. The summed E-state index contributed by atoms with van der Waals surface area (Å²) in [6.45, 7) is 4.56. The van der Waals surface area contributed by atoms with Crippen molar-refractivity contribution < 1.29 is 4.79 Å². The van der Waals surface area contributed by atoms with E-state index in [1.54, 1.807) is 17.4 Å². The highest BCUT2D eigenvalue weighted by Gasteiger charge is 2.21. The number of rotatable bonds is 8. The Morgan fingerprint density at radius 1 is 1.20 bits per heavy atom. The van der Waals surface area contributed by atoms with Crippen LogP contribution in [0.1, 0.15) is 68.0 Å². The summed E-state index contributed by atoms with van der Waals surface area (Å²) in [5.74, 6) is 0. The van der Waals surface area contributed by atoms with Crippen LogP contribution in [-0.4, -0.2) is 21.9 Å². The van der Waals surface area contributed by atoms with Crippen molar-refractivity contribution in [2.75, 3.05) is 0 Å². The topological polar surface area (TPSA) is 59.0 Å². The Hall–Kier alpha value is -2.28. The van der Waals surface area contributed by atoms with Gasteiger partial charge in [0.15, 0.2) is 0 Å². The van der Waals surface area contributed by atoms with E-state index in [-0.39, 0.29) is 12.1 Å². The van der Waals surface area contributed by atoms with E-state index in [4.69, 9.17) is 28.3 Å². The van der Waals surface area contributed by atoms with Crippen LogP contribution >= 0.6 is 34.5 Å². The van der Waals surface area contributed by atoms with Crippen LogP contribution in [0.3, 0.4) is 0 Å². The van der Waals surface area contributed by atoms with Gasteiger partial charge in [0.2, 0.25) is 0 Å². The molecule has 0 radical (unpaired) electrons. The molecule has 2 heterocycles. The van der Waals surface area contributed by atoms with Crippen LogP contribution in [0.2, 0.25) is 10.0 Å². The van der Waals surface area contributed by atoms with Crippen molar-refractivity contribution in [1.82, 2.24) is 20.4 Å². The van der Waals surface area contributed by atoms with Crippen LogP contribution in [-0.2, 0) is 6.54 Å². The molecule has 2 aromatic heterocycles. The first-order chi connectivity index (χ1) is 17.0. The lowest BCUT2D eigenvalue weighted by atomic mass is 9.96. The van der Waals surface area contributed by atoms with Crippen LogP contribution in [0.15, 0.2) is 36.4 Å². The van der Waals surface area contributed by atoms with Gasteiger partial charge in [-0.1, -0.05) is 61.9 Å². The highest BCUT2D eigenvalue weighted by Crippen LogP contribution is 2.36. The third kappa shape index (κ3) is 6.49. The van der Waals surface area contributed by atoms with E-state index in [1.165, 1.54) is 24.1 Å². The van der Waals surface area contributed by atoms with Gasteiger partial charge in [-0.3, -0.25) is 0 Å². The molecule has 1 fully saturated rings. The summed E-state index contributed by atoms with van der Waals surface area (Å²) in [7, 11) is 0. The zero-order chi connectivity index (χ0) is 24.8. The number of hydrogen-bond donors (Lipinski definition) is 2. The van der Waals surface area contributed by atoms with Gasteiger partial charge < -0.3 is 10.6 Å². The van der Waals surface area contributed by atoms with E-state index >= 15 is 0 Å². The number of urea groups is 1. The van der Waals surface area contributed by atoms with E-state index in [0.29, 0.717) is 16.6 Å². The van der Waals surface area contributed by atoms with Crippen molar-refractivity contribution in [3.8, 4) is 16.3 Å². The highest BCUT2D eigenvalue weighted by atomic mass is 35.5. The van der Waals surface area contributed by atoms with E-state index in [2.05, 4.69) is 41.8 Å². The normalized spacial score (nSPS) is 14.5. The minimum absolute atomic E-state index is 0.142. The van der Waals surface area contributed by atoms with Gasteiger partial charge in [0, 0.05) is 21.5 Å². The predicted molar refractivity (Wildman–Crippen MR) is 148 cm³/mol. The number of unbranched alkanes of at least 4 members (excludes halogenated alkanes) is 1. The SMILES string of the molecule is CCCC=Cc1ccc(-c2c(C)c(CNC(=O)NC3CCCCC3)nn2-c2ccc(Cl)cc2Cl)s1. The lowest BCUT2D eigenvalue weighted by Gasteiger charge is -2.22. The Kier molecular flexibility index (Phi) is 8.93. The van der Waals surface area contributed by atoms with Crippen LogP contribution in [0.4, 0.5) is 4.79 Å². The molecule has 0 aliphatic heterocycles. The first kappa shape index (κ1) is 25.8. The summed E-state index contributed by atoms with van der Waals surface area (Å²) in [6, 6.07) is 9.78. The summed E-state index contributed by atoms with van der Waals surface area (Å²) in [5, 5.41) is 12.1. The summed E-state index contributed by atoms with van der Waals surface area (Å²) < 4.78 is 1.87. The number of amides is 2. The van der Waals surface area contributed by atoms with E-state index < -0.39 is 0 Å². The van der Waals surface area contributed by atoms with Gasteiger partial charge in [0.05, 0.1) is 33.5 Å². The monoisotopic (exact) mass is 530 g/mol. The molecular weight excluding hydrogens is 499 g/mol. The summed E-state index contributed by atoms with van der Waals surface area (Å²) in [6.07, 6.45) is 12.3. The largest absolute Gasteiger partial charge is 0.335 e. The molecule has 5 nitrogen and oxygen atoms in total. The molecule has 1 aliphatic carbocycles. The van der Waals surface area contributed by atoms with E-state index in [9.17, 15) is 4.79 Å². The van der Waals surface area contributed by atoms with Crippen molar-refractivity contribution >= 4 is 46.6 Å². The average molecular weight is 532 g/mol. The minimum Gasteiger partial charge on any atom is -0.335 e. The molecule has 1 saturated carbocycles. The number of allylic oxidation sites excluding steroid dienone is 1. The Morgan fingerprint density at radius 3 is 2.74 bits per heavy atom. The lowest BCUT2D eigenvalue weighted by molar-refractivity contribution is 0.232. The number of aromatic nitrogens is 2. The number of nitrogens with zero attached hydrogens (tertiary/aromatic N) is 2. The van der Waals surface area contributed by atoms with Gasteiger partial charge >= 0.3 is 6.03 Å². The molecule has 1 aliphatic rings. The third-order valence-electron chi connectivity index (χ3n) is 6.31. The Bertz CT molecular complexity index is 1190. The fourth-order valence-corrected chi connectivity index (χ4v) is 5.92. The molecule has 8 heteroatoms. The van der Waals surface area contributed by atoms with E-state index in [1.807, 2.05) is 23.7 Å². The second-order valence-corrected chi connectivity index (χ2v) is 10.9. The van der Waals surface area contributed by atoms with Crippen molar-refractivity contribution in [3.63, 3.8) is 0 Å². The van der Waals surface area contributed by atoms with Crippen LogP contribution in [0, 0.1) is 6.92 Å². The zero-order valence-electron chi connectivity index (χ0n) is 20.2. The third-order valence-corrected chi connectivity index (χ3v) is 7.91. The number of carbonyl (C=O) groups excluding carboxylic acids is 1. The molecule has 0 unspecified atom stereocenters. The molecule has 0 saturated heterocycles. The second kappa shape index (κ2) is 12.1. The van der Waals surface area contributed by atoms with Gasteiger partial charge in [0.25, 0.3) is 0 Å². The molecule has 2 amide bonds.